The van der Waals surface area contributed by atoms with Gasteiger partial charge in [-0.3, -0.25) is 4.79 Å². The molecule has 1 amide bonds. The molecule has 142 valence electrons. The van der Waals surface area contributed by atoms with E-state index < -0.39 is 5.54 Å². The summed E-state index contributed by atoms with van der Waals surface area (Å²) in [5.74, 6) is 0.538. The fourth-order valence-electron chi connectivity index (χ4n) is 3.73. The number of methoxy groups -OCH3 is 1. The van der Waals surface area contributed by atoms with Crippen LogP contribution in [0.4, 0.5) is 0 Å². The first kappa shape index (κ1) is 17.8. The predicted molar refractivity (Wildman–Crippen MR) is 98.0 cm³/mol. The Balaban J connectivity index is 1.55. The lowest BCUT2D eigenvalue weighted by molar-refractivity contribution is -0.145. The van der Waals surface area contributed by atoms with E-state index in [-0.39, 0.29) is 11.9 Å². The maximum absolute atomic E-state index is 13.1. The van der Waals surface area contributed by atoms with Crippen molar-refractivity contribution < 1.29 is 23.8 Å². The molecule has 7 nitrogen and oxygen atoms in total. The first-order valence-corrected chi connectivity index (χ1v) is 9.75. The monoisotopic (exact) mass is 388 g/mol. The van der Waals surface area contributed by atoms with E-state index in [4.69, 9.17) is 14.2 Å². The summed E-state index contributed by atoms with van der Waals surface area (Å²) in [5.41, 5.74) is 2.25. The second-order valence-corrected chi connectivity index (χ2v) is 7.33. The second kappa shape index (κ2) is 7.19. The van der Waals surface area contributed by atoms with Gasteiger partial charge in [0.05, 0.1) is 24.9 Å². The summed E-state index contributed by atoms with van der Waals surface area (Å²) in [6.07, 6.45) is 2.01. The number of rotatable bonds is 5. The minimum Gasteiger partial charge on any atom is -0.493 e. The summed E-state index contributed by atoms with van der Waals surface area (Å²) in [4.78, 5) is 31.2. The molecule has 1 aromatic heterocycles. The summed E-state index contributed by atoms with van der Waals surface area (Å²) >= 11 is 1.50. The quantitative estimate of drug-likeness (QED) is 0.733. The molecule has 2 fully saturated rings. The van der Waals surface area contributed by atoms with Crippen LogP contribution in [0.2, 0.25) is 0 Å². The standard InChI is InChI=1S/C19H20N2O5S/c1-24-16-9-13(3-4-15(16)26-10-14-11-27-12-20-14)17(22)21-7-2-5-19(21)6-8-25-18(19)23/h3-4,9,11-12H,2,5-8,10H2,1H3/t19-/m1/s1. The van der Waals surface area contributed by atoms with Crippen LogP contribution >= 0.6 is 11.3 Å². The van der Waals surface area contributed by atoms with Gasteiger partial charge in [0.2, 0.25) is 0 Å². The highest BCUT2D eigenvalue weighted by Gasteiger charge is 2.54. The number of amides is 1. The van der Waals surface area contributed by atoms with Crippen molar-refractivity contribution in [2.75, 3.05) is 20.3 Å². The number of hydrogen-bond donors (Lipinski definition) is 0. The highest BCUT2D eigenvalue weighted by molar-refractivity contribution is 7.07. The molecule has 0 N–H and O–H groups in total. The average molecular weight is 388 g/mol. The Bertz CT molecular complexity index is 850. The first-order valence-electron chi connectivity index (χ1n) is 8.81. The van der Waals surface area contributed by atoms with E-state index >= 15 is 0 Å². The van der Waals surface area contributed by atoms with Gasteiger partial charge in [-0.05, 0) is 31.0 Å². The number of hydrogen-bond acceptors (Lipinski definition) is 7. The zero-order valence-electron chi connectivity index (χ0n) is 15.0. The summed E-state index contributed by atoms with van der Waals surface area (Å²) in [5, 5.41) is 1.91. The smallest absolute Gasteiger partial charge is 0.332 e. The molecule has 0 bridgehead atoms. The van der Waals surface area contributed by atoms with Crippen molar-refractivity contribution in [3.63, 3.8) is 0 Å². The van der Waals surface area contributed by atoms with Crippen molar-refractivity contribution in [3.05, 3.63) is 40.3 Å². The molecule has 0 saturated carbocycles. The number of carbonyl (C=O) groups is 2. The van der Waals surface area contributed by atoms with Gasteiger partial charge in [0.15, 0.2) is 11.5 Å². The molecular formula is C19H20N2O5S. The predicted octanol–water partition coefficient (Wildman–Crippen LogP) is 2.65. The molecule has 0 aliphatic carbocycles. The highest BCUT2D eigenvalue weighted by atomic mass is 32.1. The summed E-state index contributed by atoms with van der Waals surface area (Å²) < 4.78 is 16.3. The molecule has 8 heteroatoms. The Morgan fingerprint density at radius 2 is 2.26 bits per heavy atom. The van der Waals surface area contributed by atoms with E-state index in [1.807, 2.05) is 5.38 Å². The molecule has 27 heavy (non-hydrogen) atoms. The van der Waals surface area contributed by atoms with E-state index in [1.165, 1.54) is 18.4 Å². The molecule has 1 spiro atoms. The van der Waals surface area contributed by atoms with Crippen LogP contribution in [-0.4, -0.2) is 47.6 Å². The summed E-state index contributed by atoms with van der Waals surface area (Å²) in [7, 11) is 1.53. The van der Waals surface area contributed by atoms with Crippen LogP contribution in [0.5, 0.6) is 11.5 Å². The van der Waals surface area contributed by atoms with Crippen LogP contribution in [0.15, 0.2) is 29.1 Å². The van der Waals surface area contributed by atoms with Crippen molar-refractivity contribution in [1.82, 2.24) is 9.88 Å². The van der Waals surface area contributed by atoms with Crippen LogP contribution in [-0.2, 0) is 16.1 Å². The maximum atomic E-state index is 13.1. The largest absolute Gasteiger partial charge is 0.493 e. The number of cyclic esters (lactones) is 1. The van der Waals surface area contributed by atoms with E-state index in [0.717, 1.165) is 12.1 Å². The number of aromatic nitrogens is 1. The molecule has 3 heterocycles. The third kappa shape index (κ3) is 3.14. The van der Waals surface area contributed by atoms with Gasteiger partial charge in [-0.2, -0.15) is 0 Å². The average Bonchev–Trinajstić information content (AvgIpc) is 3.43. The molecule has 1 atom stereocenters. The van der Waals surface area contributed by atoms with Gasteiger partial charge >= 0.3 is 5.97 Å². The second-order valence-electron chi connectivity index (χ2n) is 6.61. The Hall–Kier alpha value is -2.61. The van der Waals surface area contributed by atoms with Crippen LogP contribution in [0.25, 0.3) is 0 Å². The molecule has 0 radical (unpaired) electrons. The van der Waals surface area contributed by atoms with Crippen molar-refractivity contribution in [1.29, 1.82) is 0 Å². The van der Waals surface area contributed by atoms with Gasteiger partial charge in [-0.1, -0.05) is 0 Å². The topological polar surface area (TPSA) is 78.0 Å². The number of carbonyl (C=O) groups excluding carboxylic acids is 2. The number of benzene rings is 1. The van der Waals surface area contributed by atoms with Crippen LogP contribution in [0, 0.1) is 0 Å². The van der Waals surface area contributed by atoms with Crippen molar-refractivity contribution in [2.45, 2.75) is 31.4 Å². The molecule has 2 aliphatic rings. The van der Waals surface area contributed by atoms with Gasteiger partial charge in [0, 0.05) is 23.9 Å². The van der Waals surface area contributed by atoms with Crippen molar-refractivity contribution in [2.24, 2.45) is 0 Å². The summed E-state index contributed by atoms with van der Waals surface area (Å²) in [6, 6.07) is 5.08. The maximum Gasteiger partial charge on any atom is 0.332 e. The van der Waals surface area contributed by atoms with E-state index in [9.17, 15) is 9.59 Å². The van der Waals surface area contributed by atoms with Gasteiger partial charge < -0.3 is 19.1 Å². The Labute approximate surface area is 160 Å². The summed E-state index contributed by atoms with van der Waals surface area (Å²) in [6.45, 7) is 1.25. The zero-order valence-corrected chi connectivity index (χ0v) is 15.8. The SMILES string of the molecule is COc1cc(C(=O)N2CCC[C@]23CCOC3=O)ccc1OCc1cscn1. The van der Waals surface area contributed by atoms with E-state index in [0.29, 0.717) is 49.7 Å². The van der Waals surface area contributed by atoms with Crippen molar-refractivity contribution >= 4 is 23.2 Å². The lowest BCUT2D eigenvalue weighted by Gasteiger charge is -2.31. The van der Waals surface area contributed by atoms with E-state index in [2.05, 4.69) is 4.98 Å². The van der Waals surface area contributed by atoms with Crippen LogP contribution < -0.4 is 9.47 Å². The fraction of sp³-hybridized carbons (Fsp3) is 0.421. The van der Waals surface area contributed by atoms with Crippen LogP contribution in [0.1, 0.15) is 35.3 Å². The first-order chi connectivity index (χ1) is 13.1. The van der Waals surface area contributed by atoms with Gasteiger partial charge in [-0.15, -0.1) is 11.3 Å². The lowest BCUT2D eigenvalue weighted by Crippen LogP contribution is -2.50. The van der Waals surface area contributed by atoms with Gasteiger partial charge in [-0.25, -0.2) is 9.78 Å². The zero-order chi connectivity index (χ0) is 18.9. The molecule has 4 rings (SSSR count). The number of likely N-dealkylation sites (tertiary alicyclic amines) is 1. The molecule has 1 aromatic carbocycles. The highest BCUT2D eigenvalue weighted by Crippen LogP contribution is 2.39. The molecule has 2 aliphatic heterocycles. The third-order valence-electron chi connectivity index (χ3n) is 5.13. The minimum atomic E-state index is -0.801. The van der Waals surface area contributed by atoms with Gasteiger partial charge in [0.25, 0.3) is 5.91 Å². The number of thiazole rings is 1. The number of esters is 1. The third-order valence-corrected chi connectivity index (χ3v) is 5.77. The number of ether oxygens (including phenoxy) is 3. The number of nitrogens with zero attached hydrogens (tertiary/aromatic N) is 2. The minimum absolute atomic E-state index is 0.185. The Kier molecular flexibility index (Phi) is 4.73. The van der Waals surface area contributed by atoms with Crippen LogP contribution in [0.3, 0.4) is 0 Å². The Morgan fingerprint density at radius 3 is 2.96 bits per heavy atom. The van der Waals surface area contributed by atoms with E-state index in [1.54, 1.807) is 28.6 Å². The molecule has 0 unspecified atom stereocenters. The lowest BCUT2D eigenvalue weighted by atomic mass is 9.94. The molecular weight excluding hydrogens is 368 g/mol. The molecule has 2 aromatic rings. The molecule has 2 saturated heterocycles. The van der Waals surface area contributed by atoms with Gasteiger partial charge in [0.1, 0.15) is 12.1 Å². The fourth-order valence-corrected chi connectivity index (χ4v) is 4.27. The normalized spacial score (nSPS) is 21.5. The van der Waals surface area contributed by atoms with Crippen molar-refractivity contribution in [3.8, 4) is 11.5 Å². The Morgan fingerprint density at radius 1 is 1.37 bits per heavy atom.